The van der Waals surface area contributed by atoms with Crippen LogP contribution < -0.4 is 0 Å². The number of nitriles is 1. The highest BCUT2D eigenvalue weighted by Crippen LogP contribution is 2.37. The first kappa shape index (κ1) is 18.6. The number of rotatable bonds is 2. The van der Waals surface area contributed by atoms with Gasteiger partial charge in [0.25, 0.3) is 5.91 Å². The Hall–Kier alpha value is -2.76. The first-order chi connectivity index (χ1) is 13.2. The number of hydrogen-bond donors (Lipinski definition) is 0. The van der Waals surface area contributed by atoms with Crippen LogP contribution in [0.4, 0.5) is 0 Å². The Morgan fingerprint density at radius 1 is 1.14 bits per heavy atom. The van der Waals surface area contributed by atoms with Crippen LogP contribution in [-0.2, 0) is 10.0 Å². The van der Waals surface area contributed by atoms with E-state index >= 15 is 0 Å². The second-order valence-corrected chi connectivity index (χ2v) is 9.19. The van der Waals surface area contributed by atoms with Crippen molar-refractivity contribution in [1.82, 2.24) is 14.2 Å². The van der Waals surface area contributed by atoms with E-state index < -0.39 is 10.0 Å². The quantitative estimate of drug-likeness (QED) is 0.775. The summed E-state index contributed by atoms with van der Waals surface area (Å²) in [4.78, 5) is 19.1. The summed E-state index contributed by atoms with van der Waals surface area (Å²) in [5, 5.41) is 9.12. The fourth-order valence-electron chi connectivity index (χ4n) is 4.17. The Kier molecular flexibility index (Phi) is 4.25. The monoisotopic (exact) mass is 396 g/mol. The lowest BCUT2D eigenvalue weighted by Crippen LogP contribution is -2.49. The Morgan fingerprint density at radius 3 is 2.46 bits per heavy atom. The summed E-state index contributed by atoms with van der Waals surface area (Å²) in [6.45, 7) is 6.00. The number of sulfonamides is 1. The molecule has 1 aromatic carbocycles. The van der Waals surface area contributed by atoms with E-state index in [4.69, 9.17) is 5.26 Å². The number of amides is 1. The van der Waals surface area contributed by atoms with Crippen molar-refractivity contribution in [3.8, 4) is 6.07 Å². The number of aryl methyl sites for hydroxylation is 3. The minimum absolute atomic E-state index is 0.0877. The van der Waals surface area contributed by atoms with Gasteiger partial charge in [0.2, 0.25) is 10.0 Å². The highest BCUT2D eigenvalue weighted by atomic mass is 32.2. The van der Waals surface area contributed by atoms with Gasteiger partial charge < -0.3 is 4.90 Å². The van der Waals surface area contributed by atoms with Crippen LogP contribution in [0.25, 0.3) is 0 Å². The number of carbonyl (C=O) groups is 1. The van der Waals surface area contributed by atoms with E-state index in [0.29, 0.717) is 34.5 Å². The summed E-state index contributed by atoms with van der Waals surface area (Å²) in [5.74, 6) is -0.0877. The van der Waals surface area contributed by atoms with Gasteiger partial charge in [-0.25, -0.2) is 8.42 Å². The van der Waals surface area contributed by atoms with Crippen LogP contribution in [0.2, 0.25) is 0 Å². The lowest BCUT2D eigenvalue weighted by atomic mass is 10.1. The van der Waals surface area contributed by atoms with E-state index in [9.17, 15) is 13.2 Å². The molecule has 1 unspecified atom stereocenters. The van der Waals surface area contributed by atoms with Crippen molar-refractivity contribution in [3.63, 3.8) is 0 Å². The predicted octanol–water partition coefficient (Wildman–Crippen LogP) is 2.08. The average molecular weight is 396 g/mol. The zero-order chi connectivity index (χ0) is 20.2. The van der Waals surface area contributed by atoms with E-state index in [0.717, 1.165) is 5.69 Å². The highest BCUT2D eigenvalue weighted by molar-refractivity contribution is 7.89. The first-order valence-corrected chi connectivity index (χ1v) is 10.5. The Labute approximate surface area is 164 Å². The molecule has 0 spiro atoms. The Balaban J connectivity index is 1.73. The molecule has 2 aliphatic rings. The number of pyridine rings is 1. The summed E-state index contributed by atoms with van der Waals surface area (Å²) in [7, 11) is -3.76. The third kappa shape index (κ3) is 2.70. The van der Waals surface area contributed by atoms with Crippen molar-refractivity contribution in [3.05, 3.63) is 57.9 Å². The largest absolute Gasteiger partial charge is 0.327 e. The van der Waals surface area contributed by atoms with Crippen molar-refractivity contribution in [1.29, 1.82) is 5.26 Å². The maximum atomic E-state index is 13.4. The SMILES string of the molecule is Cc1ccc2c(n1)C1CN(S(=O)(=O)c3c(C)cc(C#N)cc3C)CCN1C2=O. The van der Waals surface area contributed by atoms with E-state index in [1.54, 1.807) is 43.0 Å². The molecule has 2 aliphatic heterocycles. The average Bonchev–Trinajstić information content (AvgIpc) is 2.92. The van der Waals surface area contributed by atoms with Crippen molar-refractivity contribution in [2.75, 3.05) is 19.6 Å². The molecule has 144 valence electrons. The molecule has 3 heterocycles. The topological polar surface area (TPSA) is 94.4 Å². The summed E-state index contributed by atoms with van der Waals surface area (Å²) >= 11 is 0. The second kappa shape index (κ2) is 6.40. The van der Waals surface area contributed by atoms with Gasteiger partial charge in [0.05, 0.1) is 33.8 Å². The lowest BCUT2D eigenvalue weighted by Gasteiger charge is -2.37. The van der Waals surface area contributed by atoms with E-state index in [2.05, 4.69) is 11.1 Å². The molecule has 7 nitrogen and oxygen atoms in total. The predicted molar refractivity (Wildman–Crippen MR) is 102 cm³/mol. The number of hydrogen-bond acceptors (Lipinski definition) is 5. The van der Waals surface area contributed by atoms with Gasteiger partial charge in [-0.05, 0) is 56.2 Å². The fourth-order valence-corrected chi connectivity index (χ4v) is 6.02. The molecule has 1 amide bonds. The molecule has 0 saturated carbocycles. The molecular weight excluding hydrogens is 376 g/mol. The fraction of sp³-hybridized carbons (Fsp3) is 0.350. The van der Waals surface area contributed by atoms with Crippen molar-refractivity contribution in [2.24, 2.45) is 0 Å². The van der Waals surface area contributed by atoms with Gasteiger partial charge in [-0.2, -0.15) is 9.57 Å². The molecule has 0 N–H and O–H groups in total. The van der Waals surface area contributed by atoms with E-state index in [1.807, 2.05) is 6.92 Å². The number of piperazine rings is 1. The number of aromatic nitrogens is 1. The Bertz CT molecular complexity index is 1130. The molecule has 4 rings (SSSR count). The van der Waals surface area contributed by atoms with Crippen LogP contribution in [-0.4, -0.2) is 48.1 Å². The van der Waals surface area contributed by atoms with E-state index in [1.165, 1.54) is 4.31 Å². The number of nitrogens with zero attached hydrogens (tertiary/aromatic N) is 4. The number of fused-ring (bicyclic) bond motifs is 3. The van der Waals surface area contributed by atoms with E-state index in [-0.39, 0.29) is 29.9 Å². The molecule has 0 bridgehead atoms. The number of carbonyl (C=O) groups excluding carboxylic acids is 1. The molecule has 1 saturated heterocycles. The summed E-state index contributed by atoms with van der Waals surface area (Å²) in [5.41, 5.74) is 3.55. The minimum atomic E-state index is -3.76. The van der Waals surface area contributed by atoms with Crippen LogP contribution in [0.5, 0.6) is 0 Å². The molecule has 1 fully saturated rings. The Morgan fingerprint density at radius 2 is 1.82 bits per heavy atom. The molecule has 28 heavy (non-hydrogen) atoms. The van der Waals surface area contributed by atoms with Crippen molar-refractivity contribution < 1.29 is 13.2 Å². The van der Waals surface area contributed by atoms with Crippen LogP contribution in [0, 0.1) is 32.1 Å². The highest BCUT2D eigenvalue weighted by Gasteiger charge is 2.44. The molecule has 0 radical (unpaired) electrons. The van der Waals surface area contributed by atoms with Gasteiger partial charge in [0, 0.05) is 25.3 Å². The van der Waals surface area contributed by atoms with Crippen LogP contribution in [0.1, 0.15) is 44.5 Å². The van der Waals surface area contributed by atoms with Gasteiger partial charge >= 0.3 is 0 Å². The van der Waals surface area contributed by atoms with Gasteiger partial charge in [-0.3, -0.25) is 9.78 Å². The van der Waals surface area contributed by atoms with Crippen molar-refractivity contribution >= 4 is 15.9 Å². The molecule has 1 atom stereocenters. The van der Waals surface area contributed by atoms with Gasteiger partial charge in [0.15, 0.2) is 0 Å². The summed E-state index contributed by atoms with van der Waals surface area (Å²) < 4.78 is 28.2. The molecule has 1 aromatic heterocycles. The molecular formula is C20H20N4O3S. The van der Waals surface area contributed by atoms with Gasteiger partial charge in [-0.1, -0.05) is 0 Å². The molecule has 0 aliphatic carbocycles. The van der Waals surface area contributed by atoms with Gasteiger partial charge in [0.1, 0.15) is 0 Å². The smallest absolute Gasteiger partial charge is 0.256 e. The zero-order valence-corrected chi connectivity index (χ0v) is 16.7. The molecule has 2 aromatic rings. The standard InChI is InChI=1S/C20H20N4O3S/c1-12-8-15(10-21)9-13(2)19(12)28(26,27)23-6-7-24-17(11-23)18-16(20(24)25)5-4-14(3)22-18/h4-5,8-9,17H,6-7,11H2,1-3H3. The summed E-state index contributed by atoms with van der Waals surface area (Å²) in [6, 6.07) is 8.44. The van der Waals surface area contributed by atoms with Gasteiger partial charge in [-0.15, -0.1) is 0 Å². The van der Waals surface area contributed by atoms with Crippen LogP contribution in [0.15, 0.2) is 29.2 Å². The normalized spacial score (nSPS) is 19.3. The summed E-state index contributed by atoms with van der Waals surface area (Å²) in [6.07, 6.45) is 0. The van der Waals surface area contributed by atoms with Crippen molar-refractivity contribution in [2.45, 2.75) is 31.7 Å². The third-order valence-electron chi connectivity index (χ3n) is 5.40. The maximum absolute atomic E-state index is 13.4. The lowest BCUT2D eigenvalue weighted by molar-refractivity contribution is 0.0625. The zero-order valence-electron chi connectivity index (χ0n) is 15.9. The first-order valence-electron chi connectivity index (χ1n) is 9.04. The minimum Gasteiger partial charge on any atom is -0.327 e. The van der Waals surface area contributed by atoms with Crippen LogP contribution >= 0.6 is 0 Å². The van der Waals surface area contributed by atoms with Crippen LogP contribution in [0.3, 0.4) is 0 Å². The molecule has 8 heteroatoms. The second-order valence-electron chi connectivity index (χ2n) is 7.31. The third-order valence-corrected chi connectivity index (χ3v) is 7.57. The maximum Gasteiger partial charge on any atom is 0.256 e. The number of benzene rings is 1.